The number of carbonyl (C=O) groups is 1. The van der Waals surface area contributed by atoms with E-state index in [-0.39, 0.29) is 12.2 Å². The van der Waals surface area contributed by atoms with Crippen LogP contribution in [0.3, 0.4) is 0 Å². The molecule has 2 saturated heterocycles. The summed E-state index contributed by atoms with van der Waals surface area (Å²) in [5.41, 5.74) is -2.55. The molecule has 0 spiro atoms. The predicted molar refractivity (Wildman–Crippen MR) is 79.3 cm³/mol. The van der Waals surface area contributed by atoms with E-state index in [2.05, 4.69) is 0 Å². The minimum Gasteiger partial charge on any atom is -0.497 e. The highest BCUT2D eigenvalue weighted by Crippen LogP contribution is 2.49. The fourth-order valence-electron chi connectivity index (χ4n) is 3.34. The van der Waals surface area contributed by atoms with Crippen LogP contribution in [0.5, 0.6) is 5.75 Å². The van der Waals surface area contributed by atoms with Crippen LogP contribution in [0.1, 0.15) is 11.5 Å². The number of benzene rings is 1. The fourth-order valence-corrected chi connectivity index (χ4v) is 3.34. The van der Waals surface area contributed by atoms with Gasteiger partial charge in [-0.25, -0.2) is 4.79 Å². The Morgan fingerprint density at radius 1 is 1.40 bits per heavy atom. The number of hydrogen-bond donors (Lipinski definition) is 3. The Labute approximate surface area is 141 Å². The summed E-state index contributed by atoms with van der Waals surface area (Å²) in [7, 11) is 1.44. The standard InChI is InChI=1S/C15H17NO9/c1-23-9-4-2-8(3-5-9)10(6-16(21)22)14(19)13(18)25-12-11(17)7-24-15(12,14)20/h2-5,10-12,17,19-20H,6-7H2,1H3/t10?,11-,12+,14+,15-/m0/s1. The molecule has 1 aromatic rings. The molecule has 10 nitrogen and oxygen atoms in total. The van der Waals surface area contributed by atoms with E-state index >= 15 is 0 Å². The maximum Gasteiger partial charge on any atom is 0.345 e. The van der Waals surface area contributed by atoms with Gasteiger partial charge < -0.3 is 29.5 Å². The third-order valence-corrected chi connectivity index (χ3v) is 4.65. The number of aliphatic hydroxyl groups excluding tert-OH is 1. The third-order valence-electron chi connectivity index (χ3n) is 4.65. The number of nitro groups is 1. The fraction of sp³-hybridized carbons (Fsp3) is 0.533. The molecular formula is C15H17NO9. The van der Waals surface area contributed by atoms with E-state index in [0.717, 1.165) is 0 Å². The summed E-state index contributed by atoms with van der Waals surface area (Å²) >= 11 is 0. The summed E-state index contributed by atoms with van der Waals surface area (Å²) in [5.74, 6) is -4.89. The Morgan fingerprint density at radius 3 is 2.60 bits per heavy atom. The molecule has 1 unspecified atom stereocenters. The third kappa shape index (κ3) is 2.45. The Kier molecular flexibility index (Phi) is 4.15. The van der Waals surface area contributed by atoms with Crippen molar-refractivity contribution in [3.05, 3.63) is 39.9 Å². The number of carbonyl (C=O) groups excluding carboxylic acids is 1. The lowest BCUT2D eigenvalue weighted by atomic mass is 9.76. The van der Waals surface area contributed by atoms with Gasteiger partial charge in [-0.2, -0.15) is 0 Å². The summed E-state index contributed by atoms with van der Waals surface area (Å²) in [6.07, 6.45) is -2.88. The average Bonchev–Trinajstić information content (AvgIpc) is 2.98. The highest BCUT2D eigenvalue weighted by Gasteiger charge is 2.76. The van der Waals surface area contributed by atoms with Crippen molar-refractivity contribution < 1.29 is 39.2 Å². The van der Waals surface area contributed by atoms with Gasteiger partial charge in [0, 0.05) is 4.92 Å². The zero-order valence-corrected chi connectivity index (χ0v) is 13.2. The van der Waals surface area contributed by atoms with Crippen molar-refractivity contribution in [1.82, 2.24) is 0 Å². The Bertz CT molecular complexity index is 693. The normalized spacial score (nSPS) is 35.1. The number of esters is 1. The summed E-state index contributed by atoms with van der Waals surface area (Å²) in [4.78, 5) is 22.7. The molecule has 3 rings (SSSR count). The van der Waals surface area contributed by atoms with Crippen LogP contribution in [0, 0.1) is 10.1 Å². The molecule has 0 saturated carbocycles. The summed E-state index contributed by atoms with van der Waals surface area (Å²) in [5, 5.41) is 42.6. The van der Waals surface area contributed by atoms with Crippen LogP contribution in [0.4, 0.5) is 0 Å². The number of rotatable bonds is 5. The lowest BCUT2D eigenvalue weighted by Gasteiger charge is -2.36. The van der Waals surface area contributed by atoms with Crippen molar-refractivity contribution in [1.29, 1.82) is 0 Å². The van der Waals surface area contributed by atoms with Crippen LogP contribution in [0.15, 0.2) is 24.3 Å². The molecular weight excluding hydrogens is 338 g/mol. The zero-order valence-electron chi connectivity index (χ0n) is 13.2. The van der Waals surface area contributed by atoms with Crippen LogP contribution < -0.4 is 4.74 Å². The summed E-state index contributed by atoms with van der Waals surface area (Å²) in [6, 6.07) is 5.86. The predicted octanol–water partition coefficient (Wildman–Crippen LogP) is -1.21. The van der Waals surface area contributed by atoms with E-state index in [0.29, 0.717) is 5.75 Å². The molecule has 0 bridgehead atoms. The molecule has 2 heterocycles. The van der Waals surface area contributed by atoms with Crippen LogP contribution in [-0.4, -0.2) is 70.1 Å². The second-order valence-electron chi connectivity index (χ2n) is 6.01. The van der Waals surface area contributed by atoms with Gasteiger partial charge in [-0.3, -0.25) is 10.1 Å². The first kappa shape index (κ1) is 17.5. The number of ether oxygens (including phenoxy) is 3. The van der Waals surface area contributed by atoms with Gasteiger partial charge in [0.2, 0.25) is 17.9 Å². The van der Waals surface area contributed by atoms with Gasteiger partial charge in [0.1, 0.15) is 11.9 Å². The van der Waals surface area contributed by atoms with E-state index in [1.54, 1.807) is 0 Å². The first-order valence-corrected chi connectivity index (χ1v) is 7.47. The highest BCUT2D eigenvalue weighted by molar-refractivity contribution is 5.85. The Balaban J connectivity index is 2.08. The molecule has 10 heteroatoms. The van der Waals surface area contributed by atoms with E-state index in [9.17, 15) is 30.2 Å². The lowest BCUT2D eigenvalue weighted by molar-refractivity contribution is -0.489. The minimum atomic E-state index is -2.75. The van der Waals surface area contributed by atoms with Crippen LogP contribution in [-0.2, 0) is 14.3 Å². The number of fused-ring (bicyclic) bond motifs is 1. The molecule has 0 radical (unpaired) electrons. The molecule has 2 fully saturated rings. The maximum atomic E-state index is 12.3. The molecule has 136 valence electrons. The first-order valence-electron chi connectivity index (χ1n) is 7.47. The van der Waals surface area contributed by atoms with Gasteiger partial charge in [0.05, 0.1) is 19.6 Å². The second kappa shape index (κ2) is 5.92. The highest BCUT2D eigenvalue weighted by atomic mass is 16.7. The smallest absolute Gasteiger partial charge is 0.345 e. The van der Waals surface area contributed by atoms with Crippen molar-refractivity contribution in [2.45, 2.75) is 29.5 Å². The molecule has 2 aliphatic rings. The molecule has 3 N–H and O–H groups in total. The molecule has 0 amide bonds. The Morgan fingerprint density at radius 2 is 2.04 bits per heavy atom. The van der Waals surface area contributed by atoms with Crippen LogP contribution in [0.2, 0.25) is 0 Å². The van der Waals surface area contributed by atoms with E-state index in [1.165, 1.54) is 31.4 Å². The number of aliphatic hydroxyl groups is 3. The molecule has 0 aliphatic carbocycles. The monoisotopic (exact) mass is 355 g/mol. The molecule has 1 aromatic carbocycles. The summed E-state index contributed by atoms with van der Waals surface area (Å²) < 4.78 is 14.9. The molecule has 25 heavy (non-hydrogen) atoms. The molecule has 0 aromatic heterocycles. The zero-order chi connectivity index (χ0) is 18.4. The quantitative estimate of drug-likeness (QED) is 0.336. The van der Waals surface area contributed by atoms with Crippen molar-refractivity contribution in [3.8, 4) is 5.75 Å². The second-order valence-corrected chi connectivity index (χ2v) is 6.01. The van der Waals surface area contributed by atoms with E-state index in [4.69, 9.17) is 14.2 Å². The van der Waals surface area contributed by atoms with Crippen molar-refractivity contribution in [2.75, 3.05) is 20.3 Å². The van der Waals surface area contributed by atoms with E-state index < -0.39 is 47.0 Å². The van der Waals surface area contributed by atoms with Gasteiger partial charge >= 0.3 is 5.97 Å². The van der Waals surface area contributed by atoms with Gasteiger partial charge in [0.15, 0.2) is 6.10 Å². The van der Waals surface area contributed by atoms with Crippen LogP contribution in [0.25, 0.3) is 0 Å². The maximum absolute atomic E-state index is 12.3. The Hall–Kier alpha value is -2.27. The van der Waals surface area contributed by atoms with Gasteiger partial charge in [0.25, 0.3) is 0 Å². The van der Waals surface area contributed by atoms with Crippen molar-refractivity contribution >= 4 is 5.97 Å². The SMILES string of the molecule is COc1ccc(C(C[N+](=O)[O-])[C@@]2(O)C(=O)O[C@@H]3[C@@H](O)CO[C@@]32O)cc1. The molecule has 2 aliphatic heterocycles. The number of hydrogen-bond acceptors (Lipinski definition) is 9. The van der Waals surface area contributed by atoms with Gasteiger partial charge in [-0.15, -0.1) is 0 Å². The lowest BCUT2D eigenvalue weighted by Crippen LogP contribution is -2.62. The first-order chi connectivity index (χ1) is 11.7. The largest absolute Gasteiger partial charge is 0.497 e. The van der Waals surface area contributed by atoms with E-state index in [1.807, 2.05) is 0 Å². The average molecular weight is 355 g/mol. The molecule has 5 atom stereocenters. The van der Waals surface area contributed by atoms with Crippen molar-refractivity contribution in [2.24, 2.45) is 0 Å². The number of nitrogens with zero attached hydrogens (tertiary/aromatic N) is 1. The summed E-state index contributed by atoms with van der Waals surface area (Å²) in [6.45, 7) is -1.25. The van der Waals surface area contributed by atoms with Crippen LogP contribution >= 0.6 is 0 Å². The minimum absolute atomic E-state index is 0.205. The number of methoxy groups -OCH3 is 1. The topological polar surface area (TPSA) is 149 Å². The van der Waals surface area contributed by atoms with Gasteiger partial charge in [-0.1, -0.05) is 12.1 Å². The van der Waals surface area contributed by atoms with Gasteiger partial charge in [-0.05, 0) is 17.7 Å². The van der Waals surface area contributed by atoms with Crippen molar-refractivity contribution in [3.63, 3.8) is 0 Å².